The number of nitrogens with one attached hydrogen (secondary N) is 1. The first-order chi connectivity index (χ1) is 7.45. The number of carbonyl (C=O) groups excluding carboxylic acids is 1. The van der Waals surface area contributed by atoms with Crippen molar-refractivity contribution in [3.8, 4) is 0 Å². The van der Waals surface area contributed by atoms with Gasteiger partial charge in [0.1, 0.15) is 0 Å². The SMILES string of the molecule is Cc1cc(Cl)c(C(=O)NC(C)CO)cc1C. The molecule has 0 aliphatic carbocycles. The molecular weight excluding hydrogens is 226 g/mol. The third kappa shape index (κ3) is 2.97. The van der Waals surface area contributed by atoms with Gasteiger partial charge < -0.3 is 10.4 Å². The number of carbonyl (C=O) groups is 1. The summed E-state index contributed by atoms with van der Waals surface area (Å²) >= 11 is 6.00. The maximum atomic E-state index is 11.8. The number of halogens is 1. The summed E-state index contributed by atoms with van der Waals surface area (Å²) in [6.07, 6.45) is 0. The molecule has 0 heterocycles. The van der Waals surface area contributed by atoms with E-state index in [1.807, 2.05) is 13.8 Å². The molecule has 0 aliphatic rings. The number of aliphatic hydroxyl groups excluding tert-OH is 1. The molecular formula is C12H16ClNO2. The summed E-state index contributed by atoms with van der Waals surface area (Å²) in [6, 6.07) is 3.26. The largest absolute Gasteiger partial charge is 0.394 e. The van der Waals surface area contributed by atoms with E-state index in [4.69, 9.17) is 16.7 Å². The maximum absolute atomic E-state index is 11.8. The Kier molecular flexibility index (Phi) is 4.33. The Morgan fingerprint density at radius 1 is 1.44 bits per heavy atom. The lowest BCUT2D eigenvalue weighted by molar-refractivity contribution is 0.0922. The second-order valence-corrected chi connectivity index (χ2v) is 4.38. The highest BCUT2D eigenvalue weighted by Gasteiger charge is 2.13. The van der Waals surface area contributed by atoms with Gasteiger partial charge in [0.25, 0.3) is 5.91 Å². The van der Waals surface area contributed by atoms with E-state index in [1.54, 1.807) is 19.1 Å². The van der Waals surface area contributed by atoms with Gasteiger partial charge in [-0.15, -0.1) is 0 Å². The number of amides is 1. The Hall–Kier alpha value is -1.06. The molecule has 1 aromatic carbocycles. The van der Waals surface area contributed by atoms with E-state index >= 15 is 0 Å². The summed E-state index contributed by atoms with van der Waals surface area (Å²) in [4.78, 5) is 11.8. The fourth-order valence-corrected chi connectivity index (χ4v) is 1.61. The fraction of sp³-hybridized carbons (Fsp3) is 0.417. The lowest BCUT2D eigenvalue weighted by atomic mass is 10.1. The van der Waals surface area contributed by atoms with Gasteiger partial charge in [0.15, 0.2) is 0 Å². The van der Waals surface area contributed by atoms with Crippen molar-refractivity contribution in [2.24, 2.45) is 0 Å². The summed E-state index contributed by atoms with van der Waals surface area (Å²) in [5.74, 6) is -0.255. The highest BCUT2D eigenvalue weighted by Crippen LogP contribution is 2.20. The average molecular weight is 242 g/mol. The predicted molar refractivity (Wildman–Crippen MR) is 64.9 cm³/mol. The van der Waals surface area contributed by atoms with Crippen LogP contribution in [0.15, 0.2) is 12.1 Å². The molecule has 0 spiro atoms. The molecule has 3 nitrogen and oxygen atoms in total. The van der Waals surface area contributed by atoms with Crippen molar-refractivity contribution in [2.45, 2.75) is 26.8 Å². The summed E-state index contributed by atoms with van der Waals surface area (Å²) in [5.41, 5.74) is 2.52. The molecule has 1 rings (SSSR count). The third-order valence-electron chi connectivity index (χ3n) is 2.48. The van der Waals surface area contributed by atoms with Crippen LogP contribution in [0.1, 0.15) is 28.4 Å². The Bertz CT molecular complexity index is 404. The minimum absolute atomic E-state index is 0.0891. The number of hydrogen-bond acceptors (Lipinski definition) is 2. The van der Waals surface area contributed by atoms with Crippen LogP contribution in [-0.2, 0) is 0 Å². The highest BCUT2D eigenvalue weighted by atomic mass is 35.5. The topological polar surface area (TPSA) is 49.3 Å². The van der Waals surface area contributed by atoms with E-state index in [-0.39, 0.29) is 18.6 Å². The summed E-state index contributed by atoms with van der Waals surface area (Å²) < 4.78 is 0. The molecule has 0 saturated carbocycles. The van der Waals surface area contributed by atoms with Gasteiger partial charge in [0.05, 0.1) is 17.2 Å². The van der Waals surface area contributed by atoms with Crippen molar-refractivity contribution >= 4 is 17.5 Å². The second-order valence-electron chi connectivity index (χ2n) is 3.97. The van der Waals surface area contributed by atoms with E-state index < -0.39 is 0 Å². The number of hydrogen-bond donors (Lipinski definition) is 2. The van der Waals surface area contributed by atoms with Crippen molar-refractivity contribution in [3.05, 3.63) is 33.8 Å². The molecule has 0 aliphatic heterocycles. The van der Waals surface area contributed by atoms with Crippen LogP contribution >= 0.6 is 11.6 Å². The maximum Gasteiger partial charge on any atom is 0.253 e. The molecule has 0 bridgehead atoms. The van der Waals surface area contributed by atoms with Crippen LogP contribution in [0.4, 0.5) is 0 Å². The zero-order valence-electron chi connectivity index (χ0n) is 9.67. The average Bonchev–Trinajstić information content (AvgIpc) is 2.23. The van der Waals surface area contributed by atoms with Crippen molar-refractivity contribution in [2.75, 3.05) is 6.61 Å². The third-order valence-corrected chi connectivity index (χ3v) is 2.79. The van der Waals surface area contributed by atoms with Crippen LogP contribution in [0.3, 0.4) is 0 Å². The first kappa shape index (κ1) is 13.0. The first-order valence-corrected chi connectivity index (χ1v) is 5.52. The van der Waals surface area contributed by atoms with Gasteiger partial charge in [0, 0.05) is 6.04 Å². The van der Waals surface area contributed by atoms with Crippen molar-refractivity contribution in [1.29, 1.82) is 0 Å². The van der Waals surface area contributed by atoms with E-state index in [1.165, 1.54) is 0 Å². The summed E-state index contributed by atoms with van der Waals surface area (Å²) in [7, 11) is 0. The molecule has 1 unspecified atom stereocenters. The predicted octanol–water partition coefficient (Wildman–Crippen LogP) is 2.07. The highest BCUT2D eigenvalue weighted by molar-refractivity contribution is 6.34. The molecule has 16 heavy (non-hydrogen) atoms. The fourth-order valence-electron chi connectivity index (χ4n) is 1.30. The van der Waals surface area contributed by atoms with E-state index in [9.17, 15) is 4.79 Å². The minimum Gasteiger partial charge on any atom is -0.394 e. The molecule has 0 fully saturated rings. The summed E-state index contributed by atoms with van der Waals surface area (Å²) in [5, 5.41) is 11.9. The number of aliphatic hydroxyl groups is 1. The van der Waals surface area contributed by atoms with Crippen molar-refractivity contribution in [3.63, 3.8) is 0 Å². The number of aryl methyl sites for hydroxylation is 2. The van der Waals surface area contributed by atoms with Gasteiger partial charge in [-0.2, -0.15) is 0 Å². The van der Waals surface area contributed by atoms with Crippen molar-refractivity contribution < 1.29 is 9.90 Å². The molecule has 1 atom stereocenters. The standard InChI is InChI=1S/C12H16ClNO2/c1-7-4-10(11(13)5-8(7)2)12(16)14-9(3)6-15/h4-5,9,15H,6H2,1-3H3,(H,14,16). The quantitative estimate of drug-likeness (QED) is 0.851. The lowest BCUT2D eigenvalue weighted by Gasteiger charge is -2.13. The molecule has 4 heteroatoms. The first-order valence-electron chi connectivity index (χ1n) is 5.14. The van der Waals surface area contributed by atoms with Gasteiger partial charge in [-0.3, -0.25) is 4.79 Å². The van der Waals surface area contributed by atoms with Crippen molar-refractivity contribution in [1.82, 2.24) is 5.32 Å². The number of benzene rings is 1. The molecule has 88 valence electrons. The van der Waals surface area contributed by atoms with Crippen LogP contribution in [0, 0.1) is 13.8 Å². The Morgan fingerprint density at radius 2 is 2.00 bits per heavy atom. The molecule has 2 N–H and O–H groups in total. The molecule has 1 aromatic rings. The number of rotatable bonds is 3. The van der Waals surface area contributed by atoms with Gasteiger partial charge in [-0.1, -0.05) is 11.6 Å². The zero-order chi connectivity index (χ0) is 12.3. The molecule has 1 amide bonds. The smallest absolute Gasteiger partial charge is 0.253 e. The van der Waals surface area contributed by atoms with Crippen LogP contribution in [0.2, 0.25) is 5.02 Å². The van der Waals surface area contributed by atoms with E-state index in [0.29, 0.717) is 10.6 Å². The second kappa shape index (κ2) is 5.32. The normalized spacial score (nSPS) is 12.3. The molecule has 0 radical (unpaired) electrons. The van der Waals surface area contributed by atoms with Gasteiger partial charge in [0.2, 0.25) is 0 Å². The Balaban J connectivity index is 2.96. The monoisotopic (exact) mass is 241 g/mol. The van der Waals surface area contributed by atoms with Gasteiger partial charge in [-0.25, -0.2) is 0 Å². The summed E-state index contributed by atoms with van der Waals surface area (Å²) in [6.45, 7) is 5.51. The van der Waals surface area contributed by atoms with Gasteiger partial charge >= 0.3 is 0 Å². The Labute approximate surface area is 100 Å². The van der Waals surface area contributed by atoms with Crippen LogP contribution in [0.25, 0.3) is 0 Å². The Morgan fingerprint density at radius 3 is 2.56 bits per heavy atom. The van der Waals surface area contributed by atoms with E-state index in [2.05, 4.69) is 5.32 Å². The minimum atomic E-state index is -0.273. The van der Waals surface area contributed by atoms with Gasteiger partial charge in [-0.05, 0) is 44.0 Å². The van der Waals surface area contributed by atoms with Crippen LogP contribution in [-0.4, -0.2) is 23.7 Å². The molecule has 0 saturated heterocycles. The lowest BCUT2D eigenvalue weighted by Crippen LogP contribution is -2.35. The van der Waals surface area contributed by atoms with E-state index in [0.717, 1.165) is 11.1 Å². The van der Waals surface area contributed by atoms with Crippen LogP contribution < -0.4 is 5.32 Å². The zero-order valence-corrected chi connectivity index (χ0v) is 10.4. The van der Waals surface area contributed by atoms with Crippen LogP contribution in [0.5, 0.6) is 0 Å². The molecule has 0 aromatic heterocycles.